The molecule has 22 heavy (non-hydrogen) atoms. The molecule has 0 fully saturated rings. The van der Waals surface area contributed by atoms with E-state index in [0.717, 1.165) is 0 Å². The van der Waals surface area contributed by atoms with Crippen LogP contribution in [0.1, 0.15) is 15.9 Å². The van der Waals surface area contributed by atoms with Crippen molar-refractivity contribution in [2.75, 3.05) is 14.2 Å². The molecule has 0 spiro atoms. The molecule has 2 aromatic rings. The van der Waals surface area contributed by atoms with Gasteiger partial charge in [-0.15, -0.1) is 0 Å². The van der Waals surface area contributed by atoms with Crippen molar-refractivity contribution in [3.05, 3.63) is 53.3 Å². The number of allylic oxidation sites excluding steroid dienone is 1. The van der Waals surface area contributed by atoms with Crippen LogP contribution in [0.4, 0.5) is 0 Å². The monoisotopic (exact) mass is 298 g/mol. The van der Waals surface area contributed by atoms with E-state index in [0.29, 0.717) is 28.4 Å². The van der Waals surface area contributed by atoms with Gasteiger partial charge in [0.1, 0.15) is 11.5 Å². The number of ether oxygens (including phenoxy) is 3. The topological polar surface area (TPSA) is 65.0 Å². The summed E-state index contributed by atoms with van der Waals surface area (Å²) in [6.45, 7) is 0. The van der Waals surface area contributed by atoms with Gasteiger partial charge in [-0.2, -0.15) is 0 Å². The van der Waals surface area contributed by atoms with Gasteiger partial charge in [0.05, 0.1) is 19.8 Å². The number of Topliss-reactive ketones (excluding diaryl/α,β-unsaturated/α-hetero) is 1. The maximum absolute atomic E-state index is 12.4. The molecule has 0 aromatic heterocycles. The summed E-state index contributed by atoms with van der Waals surface area (Å²) in [5.41, 5.74) is 0.877. The third kappa shape index (κ3) is 2.26. The van der Waals surface area contributed by atoms with Crippen LogP contribution in [0.5, 0.6) is 23.0 Å². The summed E-state index contributed by atoms with van der Waals surface area (Å²) in [6.07, 6.45) is 1.49. The quantitative estimate of drug-likeness (QED) is 0.882. The fourth-order valence-electron chi connectivity index (χ4n) is 2.26. The first-order valence-electron chi connectivity index (χ1n) is 6.62. The van der Waals surface area contributed by atoms with Crippen molar-refractivity contribution in [3.63, 3.8) is 0 Å². The number of rotatable bonds is 3. The number of ketones is 1. The third-order valence-electron chi connectivity index (χ3n) is 3.40. The van der Waals surface area contributed by atoms with Gasteiger partial charge in [0, 0.05) is 5.56 Å². The zero-order valence-corrected chi connectivity index (χ0v) is 12.1. The smallest absolute Gasteiger partial charge is 0.232 e. The number of methoxy groups -OCH3 is 2. The number of aromatic hydroxyl groups is 1. The van der Waals surface area contributed by atoms with Crippen LogP contribution in [0.3, 0.4) is 0 Å². The maximum Gasteiger partial charge on any atom is 0.232 e. The molecule has 3 rings (SSSR count). The predicted molar refractivity (Wildman–Crippen MR) is 80.6 cm³/mol. The van der Waals surface area contributed by atoms with E-state index in [1.165, 1.54) is 26.4 Å². The molecule has 1 N–H and O–H groups in total. The molecule has 112 valence electrons. The highest BCUT2D eigenvalue weighted by molar-refractivity contribution is 6.15. The Morgan fingerprint density at radius 2 is 1.95 bits per heavy atom. The van der Waals surface area contributed by atoms with Crippen molar-refractivity contribution in [1.82, 2.24) is 0 Å². The Balaban J connectivity index is 2.03. The van der Waals surface area contributed by atoms with Gasteiger partial charge in [0.25, 0.3) is 0 Å². The molecule has 0 aliphatic carbocycles. The van der Waals surface area contributed by atoms with Crippen LogP contribution in [-0.4, -0.2) is 25.1 Å². The van der Waals surface area contributed by atoms with E-state index >= 15 is 0 Å². The lowest BCUT2D eigenvalue weighted by atomic mass is 10.1. The first-order valence-corrected chi connectivity index (χ1v) is 6.62. The molecule has 5 nitrogen and oxygen atoms in total. The van der Waals surface area contributed by atoms with Crippen LogP contribution < -0.4 is 14.2 Å². The number of phenols is 1. The summed E-state index contributed by atoms with van der Waals surface area (Å²) in [7, 11) is 3.04. The fraction of sp³-hybridized carbons (Fsp3) is 0.118. The number of fused-ring (bicyclic) bond motifs is 1. The molecular formula is C17H14O5. The third-order valence-corrected chi connectivity index (χ3v) is 3.40. The minimum absolute atomic E-state index is 0.0348. The largest absolute Gasteiger partial charge is 0.507 e. The van der Waals surface area contributed by atoms with Gasteiger partial charge < -0.3 is 19.3 Å². The number of phenolic OH excluding ortho intramolecular Hbond substituents is 1. The van der Waals surface area contributed by atoms with Gasteiger partial charge in [0.15, 0.2) is 17.3 Å². The Labute approximate surface area is 127 Å². The van der Waals surface area contributed by atoms with Gasteiger partial charge in [-0.1, -0.05) is 6.07 Å². The van der Waals surface area contributed by atoms with Crippen molar-refractivity contribution in [3.8, 4) is 23.0 Å². The zero-order valence-electron chi connectivity index (χ0n) is 12.1. The van der Waals surface area contributed by atoms with Crippen LogP contribution in [0.25, 0.3) is 6.08 Å². The van der Waals surface area contributed by atoms with Gasteiger partial charge in [-0.25, -0.2) is 0 Å². The Bertz CT molecular complexity index is 777. The van der Waals surface area contributed by atoms with Gasteiger partial charge in [-0.05, 0) is 36.4 Å². The zero-order chi connectivity index (χ0) is 15.7. The molecule has 5 heteroatoms. The van der Waals surface area contributed by atoms with Gasteiger partial charge in [0.2, 0.25) is 5.78 Å². The first-order chi connectivity index (χ1) is 10.6. The average Bonchev–Trinajstić information content (AvgIpc) is 2.86. The lowest BCUT2D eigenvalue weighted by Gasteiger charge is -2.06. The number of para-hydroxylation sites is 1. The molecule has 0 saturated heterocycles. The van der Waals surface area contributed by atoms with Crippen LogP contribution in [-0.2, 0) is 0 Å². The van der Waals surface area contributed by atoms with Crippen molar-refractivity contribution in [2.24, 2.45) is 0 Å². The van der Waals surface area contributed by atoms with Gasteiger partial charge in [-0.3, -0.25) is 4.79 Å². The van der Waals surface area contributed by atoms with Crippen LogP contribution >= 0.6 is 0 Å². The predicted octanol–water partition coefficient (Wildman–Crippen LogP) is 3.03. The molecule has 1 aliphatic heterocycles. The molecule has 2 aromatic carbocycles. The van der Waals surface area contributed by atoms with E-state index in [2.05, 4.69) is 0 Å². The normalized spacial score (nSPS) is 14.6. The molecule has 0 amide bonds. The summed E-state index contributed by atoms with van der Waals surface area (Å²) in [5, 5.41) is 9.90. The van der Waals surface area contributed by atoms with Crippen LogP contribution in [0.15, 0.2) is 42.2 Å². The highest BCUT2D eigenvalue weighted by Gasteiger charge is 2.30. The number of benzene rings is 2. The molecule has 0 saturated carbocycles. The Kier molecular flexibility index (Phi) is 3.47. The highest BCUT2D eigenvalue weighted by Crippen LogP contribution is 2.40. The van der Waals surface area contributed by atoms with Crippen molar-refractivity contribution < 1.29 is 24.1 Å². The molecule has 0 atom stereocenters. The number of carbonyl (C=O) groups excluding carboxylic acids is 1. The maximum atomic E-state index is 12.4. The lowest BCUT2D eigenvalue weighted by molar-refractivity contribution is 0.101. The fourth-order valence-corrected chi connectivity index (χ4v) is 2.26. The average molecular weight is 298 g/mol. The molecular weight excluding hydrogens is 284 g/mol. The SMILES string of the molecule is COc1ccc(O)c(/C=C2\Oc3c(OC)cccc3C2=O)c1. The summed E-state index contributed by atoms with van der Waals surface area (Å²) in [6, 6.07) is 9.87. The standard InChI is InChI=1S/C17H14O5/c1-20-11-6-7-13(18)10(8-11)9-15-16(19)12-4-3-5-14(21-2)17(12)22-15/h3-9,18H,1-2H3/b15-9-. The van der Waals surface area contributed by atoms with Crippen LogP contribution in [0.2, 0.25) is 0 Å². The summed E-state index contributed by atoms with van der Waals surface area (Å²) < 4.78 is 15.9. The Morgan fingerprint density at radius 1 is 1.14 bits per heavy atom. The second-order valence-corrected chi connectivity index (χ2v) is 4.70. The Hall–Kier alpha value is -2.95. The van der Waals surface area contributed by atoms with E-state index in [4.69, 9.17) is 14.2 Å². The number of hydrogen-bond donors (Lipinski definition) is 1. The summed E-state index contributed by atoms with van der Waals surface area (Å²) in [4.78, 5) is 12.4. The highest BCUT2D eigenvalue weighted by atomic mass is 16.5. The van der Waals surface area contributed by atoms with Crippen molar-refractivity contribution >= 4 is 11.9 Å². The Morgan fingerprint density at radius 3 is 2.68 bits per heavy atom. The minimum atomic E-state index is -0.254. The lowest BCUT2D eigenvalue weighted by Crippen LogP contribution is -1.98. The minimum Gasteiger partial charge on any atom is -0.507 e. The molecule has 0 bridgehead atoms. The van der Waals surface area contributed by atoms with E-state index < -0.39 is 0 Å². The summed E-state index contributed by atoms with van der Waals surface area (Å²) >= 11 is 0. The van der Waals surface area contributed by atoms with Crippen LogP contribution in [0, 0.1) is 0 Å². The van der Waals surface area contributed by atoms with E-state index in [-0.39, 0.29) is 17.3 Å². The van der Waals surface area contributed by atoms with E-state index in [1.54, 1.807) is 30.3 Å². The second kappa shape index (κ2) is 5.44. The number of carbonyl (C=O) groups is 1. The molecule has 1 heterocycles. The van der Waals surface area contributed by atoms with Crippen molar-refractivity contribution in [2.45, 2.75) is 0 Å². The van der Waals surface area contributed by atoms with Gasteiger partial charge >= 0.3 is 0 Å². The molecule has 0 radical (unpaired) electrons. The second-order valence-electron chi connectivity index (χ2n) is 4.70. The van der Waals surface area contributed by atoms with E-state index in [1.807, 2.05) is 0 Å². The summed E-state index contributed by atoms with van der Waals surface area (Å²) in [5.74, 6) is 1.37. The molecule has 1 aliphatic rings. The van der Waals surface area contributed by atoms with E-state index in [9.17, 15) is 9.90 Å². The number of hydrogen-bond acceptors (Lipinski definition) is 5. The first kappa shape index (κ1) is 14.0. The van der Waals surface area contributed by atoms with Crippen molar-refractivity contribution in [1.29, 1.82) is 0 Å². The molecule has 0 unspecified atom stereocenters.